The molecule has 6 N–H and O–H groups in total. The molecule has 2 aromatic rings. The molecule has 0 aliphatic rings. The average molecular weight is 341 g/mol. The van der Waals surface area contributed by atoms with Crippen LogP contribution < -0.4 is 11.5 Å². The fourth-order valence-corrected chi connectivity index (χ4v) is 2.48. The number of carbonyl (C=O) groups is 1. The van der Waals surface area contributed by atoms with Gasteiger partial charge in [-0.3, -0.25) is 4.79 Å². The highest BCUT2D eigenvalue weighted by Crippen LogP contribution is 2.37. The van der Waals surface area contributed by atoms with Crippen LogP contribution in [0.25, 0.3) is 0 Å². The highest BCUT2D eigenvalue weighted by molar-refractivity contribution is 6.44. The predicted molar refractivity (Wildman–Crippen MR) is 86.7 cm³/mol. The second-order valence-electron chi connectivity index (χ2n) is 4.82. The summed E-state index contributed by atoms with van der Waals surface area (Å²) in [7, 11) is 0. The Kier molecular flexibility index (Phi) is 4.81. The molecule has 0 saturated heterocycles. The summed E-state index contributed by atoms with van der Waals surface area (Å²) in [5, 5.41) is 18.9. The van der Waals surface area contributed by atoms with E-state index in [0.717, 1.165) is 5.56 Å². The number of aromatic hydroxyl groups is 2. The maximum Gasteiger partial charge on any atom is 0.183 e. The summed E-state index contributed by atoms with van der Waals surface area (Å²) >= 11 is 11.8. The first kappa shape index (κ1) is 16.4. The van der Waals surface area contributed by atoms with Crippen LogP contribution in [-0.4, -0.2) is 22.0 Å². The number of halogens is 2. The van der Waals surface area contributed by atoms with Crippen LogP contribution in [0.5, 0.6) is 11.5 Å². The third-order valence-corrected chi connectivity index (χ3v) is 4.00. The lowest BCUT2D eigenvalue weighted by atomic mass is 9.97. The molecule has 0 heterocycles. The Balaban J connectivity index is 2.30. The summed E-state index contributed by atoms with van der Waals surface area (Å²) in [6.45, 7) is 0. The average Bonchev–Trinajstić information content (AvgIpc) is 2.47. The van der Waals surface area contributed by atoms with Crippen molar-refractivity contribution in [3.8, 4) is 11.5 Å². The highest BCUT2D eigenvalue weighted by atomic mass is 35.5. The molecule has 5 nitrogen and oxygen atoms in total. The molecule has 0 fully saturated rings. The number of Topliss-reactive ketones (excluding diaryl/α,β-unsaturated/α-hetero) is 1. The summed E-state index contributed by atoms with van der Waals surface area (Å²) in [4.78, 5) is 12.5. The normalized spacial score (nSPS) is 12.1. The summed E-state index contributed by atoms with van der Waals surface area (Å²) in [6.07, 6.45) is 0.224. The van der Waals surface area contributed by atoms with Crippen molar-refractivity contribution < 1.29 is 15.0 Å². The molecule has 0 aliphatic heterocycles. The molecule has 2 aromatic carbocycles. The molecular formula is C15H14Cl2N2O3. The van der Waals surface area contributed by atoms with E-state index in [-0.39, 0.29) is 39.2 Å². The zero-order valence-electron chi connectivity index (χ0n) is 11.4. The number of nitrogen functional groups attached to an aromatic ring is 1. The van der Waals surface area contributed by atoms with Gasteiger partial charge in [-0.15, -0.1) is 0 Å². The number of benzene rings is 2. The summed E-state index contributed by atoms with van der Waals surface area (Å²) < 4.78 is 0. The Morgan fingerprint density at radius 3 is 2.36 bits per heavy atom. The van der Waals surface area contributed by atoms with Gasteiger partial charge >= 0.3 is 0 Å². The minimum atomic E-state index is -0.915. The Morgan fingerprint density at radius 1 is 1.18 bits per heavy atom. The lowest BCUT2D eigenvalue weighted by Gasteiger charge is -2.15. The number of hydrogen-bond donors (Lipinski definition) is 4. The molecule has 0 aliphatic carbocycles. The number of rotatable bonds is 4. The van der Waals surface area contributed by atoms with Crippen molar-refractivity contribution in [1.29, 1.82) is 0 Å². The molecule has 7 heteroatoms. The topological polar surface area (TPSA) is 110 Å². The monoisotopic (exact) mass is 340 g/mol. The first-order valence-corrected chi connectivity index (χ1v) is 7.11. The zero-order valence-corrected chi connectivity index (χ0v) is 12.9. The summed E-state index contributed by atoms with van der Waals surface area (Å²) in [5.74, 6) is -0.723. The number of phenols is 2. The number of carbonyl (C=O) groups excluding carboxylic acids is 1. The fourth-order valence-electron chi connectivity index (χ4n) is 2.03. The molecule has 0 radical (unpaired) electrons. The van der Waals surface area contributed by atoms with Crippen LogP contribution >= 0.6 is 23.2 Å². The van der Waals surface area contributed by atoms with Crippen molar-refractivity contribution in [2.75, 3.05) is 5.73 Å². The Bertz CT molecular complexity index is 691. The van der Waals surface area contributed by atoms with Gasteiger partial charge in [0.2, 0.25) is 0 Å². The van der Waals surface area contributed by atoms with E-state index < -0.39 is 11.8 Å². The van der Waals surface area contributed by atoms with Gasteiger partial charge in [0.1, 0.15) is 11.5 Å². The van der Waals surface area contributed by atoms with Gasteiger partial charge in [0, 0.05) is 6.07 Å². The quantitative estimate of drug-likeness (QED) is 0.388. The minimum absolute atomic E-state index is 0.0218. The Hall–Kier alpha value is -1.95. The number of ketones is 1. The highest BCUT2D eigenvalue weighted by Gasteiger charge is 2.25. The number of phenolic OH excluding ortho intramolecular Hbond substituents is 2. The van der Waals surface area contributed by atoms with Gasteiger partial charge in [-0.25, -0.2) is 0 Å². The molecule has 116 valence electrons. The van der Waals surface area contributed by atoms with Crippen LogP contribution in [0.15, 0.2) is 30.3 Å². The van der Waals surface area contributed by atoms with E-state index in [1.54, 1.807) is 12.1 Å². The van der Waals surface area contributed by atoms with E-state index in [9.17, 15) is 15.0 Å². The van der Waals surface area contributed by atoms with Gasteiger partial charge in [-0.05, 0) is 24.1 Å². The molecule has 0 spiro atoms. The Morgan fingerprint density at radius 2 is 1.77 bits per heavy atom. The summed E-state index contributed by atoms with van der Waals surface area (Å²) in [6, 6.07) is 6.56. The molecule has 0 bridgehead atoms. The lowest BCUT2D eigenvalue weighted by molar-refractivity contribution is 0.0961. The van der Waals surface area contributed by atoms with Crippen molar-refractivity contribution in [3.05, 3.63) is 51.5 Å². The van der Waals surface area contributed by atoms with Crippen LogP contribution in [0, 0.1) is 0 Å². The molecule has 1 atom stereocenters. The SMILES string of the molecule is Nc1c(O)cc(Cl)c(Cl)c1C(=O)C(N)Cc1ccc(O)cc1. The number of hydrogen-bond acceptors (Lipinski definition) is 5. The van der Waals surface area contributed by atoms with Crippen LogP contribution in [0.1, 0.15) is 15.9 Å². The van der Waals surface area contributed by atoms with E-state index in [1.807, 2.05) is 0 Å². The van der Waals surface area contributed by atoms with Crippen molar-refractivity contribution >= 4 is 34.7 Å². The van der Waals surface area contributed by atoms with E-state index in [4.69, 9.17) is 34.7 Å². The van der Waals surface area contributed by atoms with Gasteiger partial charge in [0.15, 0.2) is 5.78 Å². The van der Waals surface area contributed by atoms with Crippen molar-refractivity contribution in [2.45, 2.75) is 12.5 Å². The van der Waals surface area contributed by atoms with Crippen LogP contribution in [0.2, 0.25) is 10.0 Å². The third-order valence-electron chi connectivity index (χ3n) is 3.21. The Labute approximate surface area is 137 Å². The molecule has 0 aromatic heterocycles. The fraction of sp³-hybridized carbons (Fsp3) is 0.133. The van der Waals surface area contributed by atoms with Crippen LogP contribution in [0.4, 0.5) is 5.69 Å². The maximum absolute atomic E-state index is 12.5. The second kappa shape index (κ2) is 6.44. The molecule has 22 heavy (non-hydrogen) atoms. The zero-order chi connectivity index (χ0) is 16.4. The predicted octanol–water partition coefficient (Wildman–Crippen LogP) is 2.74. The molecular weight excluding hydrogens is 327 g/mol. The molecule has 0 saturated carbocycles. The van der Waals surface area contributed by atoms with Crippen molar-refractivity contribution in [1.82, 2.24) is 0 Å². The third kappa shape index (κ3) is 3.27. The van der Waals surface area contributed by atoms with E-state index in [0.29, 0.717) is 0 Å². The van der Waals surface area contributed by atoms with Gasteiger partial charge in [0.25, 0.3) is 0 Å². The minimum Gasteiger partial charge on any atom is -0.508 e. The molecule has 1 unspecified atom stereocenters. The van der Waals surface area contributed by atoms with E-state index >= 15 is 0 Å². The van der Waals surface area contributed by atoms with Crippen molar-refractivity contribution in [3.63, 3.8) is 0 Å². The van der Waals surface area contributed by atoms with Gasteiger partial charge < -0.3 is 21.7 Å². The first-order chi connectivity index (χ1) is 10.3. The van der Waals surface area contributed by atoms with E-state index in [1.165, 1.54) is 18.2 Å². The largest absolute Gasteiger partial charge is 0.508 e. The smallest absolute Gasteiger partial charge is 0.183 e. The second-order valence-corrected chi connectivity index (χ2v) is 5.61. The van der Waals surface area contributed by atoms with Gasteiger partial charge in [0.05, 0.1) is 27.3 Å². The number of nitrogens with two attached hydrogens (primary N) is 2. The van der Waals surface area contributed by atoms with E-state index in [2.05, 4.69) is 0 Å². The maximum atomic E-state index is 12.5. The summed E-state index contributed by atoms with van der Waals surface area (Å²) in [5.41, 5.74) is 12.1. The number of anilines is 1. The lowest BCUT2D eigenvalue weighted by Crippen LogP contribution is -2.33. The van der Waals surface area contributed by atoms with Crippen LogP contribution in [0.3, 0.4) is 0 Å². The molecule has 2 rings (SSSR count). The van der Waals surface area contributed by atoms with Gasteiger partial charge in [-0.1, -0.05) is 35.3 Å². The van der Waals surface area contributed by atoms with Crippen LogP contribution in [-0.2, 0) is 6.42 Å². The standard InChI is InChI=1S/C15H14Cl2N2O3/c16-9-6-11(21)14(19)12(13(9)17)15(22)10(18)5-7-1-3-8(20)4-2-7/h1-4,6,10,20-21H,5,18-19H2. The molecule has 0 amide bonds. The first-order valence-electron chi connectivity index (χ1n) is 6.35. The van der Waals surface area contributed by atoms with Gasteiger partial charge in [-0.2, -0.15) is 0 Å². The van der Waals surface area contributed by atoms with Crippen molar-refractivity contribution in [2.24, 2.45) is 5.73 Å².